The maximum absolute atomic E-state index is 13.5. The Morgan fingerprint density at radius 3 is 2.47 bits per heavy atom. The number of carbonyl (C=O) groups excluding carboxylic acids is 3. The second kappa shape index (κ2) is 8.75. The summed E-state index contributed by atoms with van der Waals surface area (Å²) in [5.74, 6) is -0.415. The molecule has 7 heteroatoms. The maximum Gasteiger partial charge on any atom is 0.257 e. The van der Waals surface area contributed by atoms with E-state index >= 15 is 0 Å². The van der Waals surface area contributed by atoms with Crippen LogP contribution in [0.15, 0.2) is 48.5 Å². The minimum Gasteiger partial charge on any atom is -0.497 e. The molecule has 0 bridgehead atoms. The standard InChI is InChI=1S/C23H25IN2O4/c1-5-23(2,3)26(21(28)15-7-6-8-18(13-15)30-4)19-14-20(27)25(22(19)29)17-11-9-16(24)10-12-17/h6-13,19H,5,14H2,1-4H3. The molecule has 30 heavy (non-hydrogen) atoms. The van der Waals surface area contributed by atoms with Crippen LogP contribution in [0.1, 0.15) is 44.0 Å². The molecule has 0 aliphatic carbocycles. The number of rotatable bonds is 6. The third-order valence-electron chi connectivity index (χ3n) is 5.57. The van der Waals surface area contributed by atoms with Crippen LogP contribution in [-0.4, -0.2) is 41.3 Å². The first-order chi connectivity index (χ1) is 14.2. The normalized spacial score (nSPS) is 16.7. The average Bonchev–Trinajstić information content (AvgIpc) is 3.02. The van der Waals surface area contributed by atoms with Gasteiger partial charge >= 0.3 is 0 Å². The molecule has 0 radical (unpaired) electrons. The van der Waals surface area contributed by atoms with Crippen molar-refractivity contribution in [3.8, 4) is 5.75 Å². The number of benzene rings is 2. The van der Waals surface area contributed by atoms with Crippen LogP contribution in [0, 0.1) is 3.57 Å². The summed E-state index contributed by atoms with van der Waals surface area (Å²) >= 11 is 2.17. The van der Waals surface area contributed by atoms with Crippen LogP contribution in [-0.2, 0) is 9.59 Å². The van der Waals surface area contributed by atoms with E-state index < -0.39 is 11.6 Å². The first-order valence-corrected chi connectivity index (χ1v) is 10.9. The van der Waals surface area contributed by atoms with Crippen molar-refractivity contribution < 1.29 is 19.1 Å². The van der Waals surface area contributed by atoms with Crippen molar-refractivity contribution in [2.24, 2.45) is 0 Å². The van der Waals surface area contributed by atoms with Crippen LogP contribution in [0.5, 0.6) is 5.75 Å². The third-order valence-corrected chi connectivity index (χ3v) is 6.29. The van der Waals surface area contributed by atoms with E-state index in [9.17, 15) is 14.4 Å². The third kappa shape index (κ3) is 4.21. The summed E-state index contributed by atoms with van der Waals surface area (Å²) in [5, 5.41) is 0. The van der Waals surface area contributed by atoms with Crippen molar-refractivity contribution >= 4 is 46.0 Å². The predicted octanol–water partition coefficient (Wildman–Crippen LogP) is 4.26. The smallest absolute Gasteiger partial charge is 0.257 e. The molecule has 1 aliphatic heterocycles. The minimum absolute atomic E-state index is 0.0377. The molecule has 2 aromatic carbocycles. The quantitative estimate of drug-likeness (QED) is 0.422. The Labute approximate surface area is 190 Å². The lowest BCUT2D eigenvalue weighted by Gasteiger charge is -2.41. The Morgan fingerprint density at radius 1 is 1.20 bits per heavy atom. The molecule has 0 N–H and O–H groups in total. The van der Waals surface area contributed by atoms with Crippen molar-refractivity contribution in [2.45, 2.75) is 45.2 Å². The van der Waals surface area contributed by atoms with Gasteiger partial charge in [-0.05, 0) is 85.3 Å². The summed E-state index contributed by atoms with van der Waals surface area (Å²) in [4.78, 5) is 42.4. The van der Waals surface area contributed by atoms with E-state index in [1.165, 1.54) is 12.0 Å². The number of carbonyl (C=O) groups is 3. The lowest BCUT2D eigenvalue weighted by atomic mass is 9.94. The molecule has 1 atom stereocenters. The van der Waals surface area contributed by atoms with E-state index in [4.69, 9.17) is 4.74 Å². The number of nitrogens with zero attached hydrogens (tertiary/aromatic N) is 2. The van der Waals surface area contributed by atoms with Crippen molar-refractivity contribution in [3.05, 3.63) is 57.7 Å². The fourth-order valence-corrected chi connectivity index (χ4v) is 3.94. The molecule has 1 saturated heterocycles. The maximum atomic E-state index is 13.5. The molecule has 3 rings (SSSR count). The fourth-order valence-electron chi connectivity index (χ4n) is 3.58. The van der Waals surface area contributed by atoms with E-state index in [2.05, 4.69) is 22.6 Å². The van der Waals surface area contributed by atoms with Crippen molar-refractivity contribution in [1.82, 2.24) is 4.90 Å². The van der Waals surface area contributed by atoms with E-state index in [1.807, 2.05) is 32.9 Å². The summed E-state index contributed by atoms with van der Waals surface area (Å²) in [7, 11) is 1.54. The van der Waals surface area contributed by atoms with Gasteiger partial charge in [0, 0.05) is 14.7 Å². The lowest BCUT2D eigenvalue weighted by Crippen LogP contribution is -2.55. The molecule has 6 nitrogen and oxygen atoms in total. The molecular formula is C23H25IN2O4. The zero-order chi connectivity index (χ0) is 22.1. The van der Waals surface area contributed by atoms with Gasteiger partial charge in [-0.15, -0.1) is 0 Å². The highest BCUT2D eigenvalue weighted by Gasteiger charge is 2.48. The summed E-state index contributed by atoms with van der Waals surface area (Å²) in [5.41, 5.74) is 0.322. The Balaban J connectivity index is 2.00. The van der Waals surface area contributed by atoms with Gasteiger partial charge in [0.05, 0.1) is 19.2 Å². The molecular weight excluding hydrogens is 495 g/mol. The fraction of sp³-hybridized carbons (Fsp3) is 0.348. The molecule has 0 aromatic heterocycles. The summed E-state index contributed by atoms with van der Waals surface area (Å²) in [6.07, 6.45) is 0.591. The Bertz CT molecular complexity index is 971. The molecule has 3 amide bonds. The Morgan fingerprint density at radius 2 is 1.87 bits per heavy atom. The SMILES string of the molecule is CCC(C)(C)N(C(=O)c1cccc(OC)c1)C1CC(=O)N(c2ccc(I)cc2)C1=O. The van der Waals surface area contributed by atoms with E-state index in [1.54, 1.807) is 41.3 Å². The van der Waals surface area contributed by atoms with Crippen LogP contribution < -0.4 is 9.64 Å². The number of methoxy groups -OCH3 is 1. The van der Waals surface area contributed by atoms with Crippen LogP contribution in [0.25, 0.3) is 0 Å². The van der Waals surface area contributed by atoms with Gasteiger partial charge < -0.3 is 9.64 Å². The molecule has 1 heterocycles. The zero-order valence-electron chi connectivity index (χ0n) is 17.5. The van der Waals surface area contributed by atoms with Gasteiger partial charge in [0.2, 0.25) is 5.91 Å². The number of imide groups is 1. The van der Waals surface area contributed by atoms with Gasteiger partial charge in [-0.3, -0.25) is 14.4 Å². The predicted molar refractivity (Wildman–Crippen MR) is 124 cm³/mol. The first kappa shape index (κ1) is 22.3. The van der Waals surface area contributed by atoms with Crippen LogP contribution in [0.2, 0.25) is 0 Å². The van der Waals surface area contributed by atoms with Crippen molar-refractivity contribution in [3.63, 3.8) is 0 Å². The molecule has 0 saturated carbocycles. The van der Waals surface area contributed by atoms with E-state index in [0.29, 0.717) is 23.4 Å². The molecule has 1 aliphatic rings. The monoisotopic (exact) mass is 520 g/mol. The number of halogens is 1. The zero-order valence-corrected chi connectivity index (χ0v) is 19.7. The minimum atomic E-state index is -0.856. The van der Waals surface area contributed by atoms with Crippen LogP contribution in [0.4, 0.5) is 5.69 Å². The second-order valence-corrected chi connectivity index (χ2v) is 9.08. The largest absolute Gasteiger partial charge is 0.497 e. The average molecular weight is 520 g/mol. The lowest BCUT2D eigenvalue weighted by molar-refractivity contribution is -0.123. The highest BCUT2D eigenvalue weighted by molar-refractivity contribution is 14.1. The van der Waals surface area contributed by atoms with Gasteiger partial charge in [0.15, 0.2) is 0 Å². The number of ether oxygens (including phenoxy) is 1. The summed E-state index contributed by atoms with van der Waals surface area (Å²) in [6, 6.07) is 13.2. The van der Waals surface area contributed by atoms with E-state index in [0.717, 1.165) is 3.57 Å². The highest BCUT2D eigenvalue weighted by atomic mass is 127. The van der Waals surface area contributed by atoms with Crippen LogP contribution in [0.3, 0.4) is 0 Å². The highest BCUT2D eigenvalue weighted by Crippen LogP contribution is 2.33. The molecule has 158 valence electrons. The molecule has 2 aromatic rings. The van der Waals surface area contributed by atoms with Gasteiger partial charge in [-0.2, -0.15) is 0 Å². The molecule has 0 spiro atoms. The topological polar surface area (TPSA) is 66.9 Å². The first-order valence-electron chi connectivity index (χ1n) is 9.79. The number of anilines is 1. The molecule has 1 unspecified atom stereocenters. The number of hydrogen-bond donors (Lipinski definition) is 0. The number of amides is 3. The van der Waals surface area contributed by atoms with Crippen molar-refractivity contribution in [2.75, 3.05) is 12.0 Å². The number of hydrogen-bond acceptors (Lipinski definition) is 4. The van der Waals surface area contributed by atoms with Gasteiger partial charge in [-0.25, -0.2) is 4.90 Å². The summed E-state index contributed by atoms with van der Waals surface area (Å²) in [6.45, 7) is 5.79. The Kier molecular flexibility index (Phi) is 6.50. The van der Waals surface area contributed by atoms with Crippen LogP contribution >= 0.6 is 22.6 Å². The van der Waals surface area contributed by atoms with Crippen molar-refractivity contribution in [1.29, 1.82) is 0 Å². The molecule has 1 fully saturated rings. The van der Waals surface area contributed by atoms with Gasteiger partial charge in [0.1, 0.15) is 11.8 Å². The Hall–Kier alpha value is -2.42. The second-order valence-electron chi connectivity index (χ2n) is 7.84. The summed E-state index contributed by atoms with van der Waals surface area (Å²) < 4.78 is 6.25. The van der Waals surface area contributed by atoms with Gasteiger partial charge in [0.25, 0.3) is 11.8 Å². The van der Waals surface area contributed by atoms with E-state index in [-0.39, 0.29) is 24.1 Å². The van der Waals surface area contributed by atoms with Gasteiger partial charge in [-0.1, -0.05) is 13.0 Å².